The number of nitrogens with zero attached hydrogens (tertiary/aromatic N) is 2. The van der Waals surface area contributed by atoms with Crippen LogP contribution in [-0.4, -0.2) is 37.7 Å². The molecular formula is C15H21ClF3N3. The van der Waals surface area contributed by atoms with Gasteiger partial charge in [-0.25, -0.2) is 0 Å². The van der Waals surface area contributed by atoms with E-state index in [9.17, 15) is 13.2 Å². The average molecular weight is 336 g/mol. The van der Waals surface area contributed by atoms with Crippen LogP contribution in [-0.2, 0) is 6.54 Å². The number of unbranched alkanes of at least 4 members (excludes halogenated alkanes) is 1. The monoisotopic (exact) mass is 335 g/mol. The lowest BCUT2D eigenvalue weighted by Gasteiger charge is -2.22. The SMILES string of the molecule is CN=C(NCCCCC(F)(F)F)N(C)Cc1ccc(Cl)cc1. The third-order valence-corrected chi connectivity index (χ3v) is 3.33. The van der Waals surface area contributed by atoms with Gasteiger partial charge in [0.15, 0.2) is 5.96 Å². The van der Waals surface area contributed by atoms with Crippen molar-refractivity contribution >= 4 is 17.6 Å². The Morgan fingerprint density at radius 2 is 1.86 bits per heavy atom. The molecule has 0 aliphatic heterocycles. The second kappa shape index (κ2) is 8.88. The van der Waals surface area contributed by atoms with E-state index in [1.807, 2.05) is 36.2 Å². The number of rotatable bonds is 6. The largest absolute Gasteiger partial charge is 0.389 e. The first-order chi connectivity index (χ1) is 10.3. The number of nitrogens with one attached hydrogen (secondary N) is 1. The van der Waals surface area contributed by atoms with Crippen molar-refractivity contribution in [2.75, 3.05) is 20.6 Å². The molecule has 7 heteroatoms. The van der Waals surface area contributed by atoms with E-state index in [0.717, 1.165) is 5.56 Å². The van der Waals surface area contributed by atoms with Crippen molar-refractivity contribution in [3.8, 4) is 0 Å². The summed E-state index contributed by atoms with van der Waals surface area (Å²) >= 11 is 5.84. The zero-order chi connectivity index (χ0) is 16.6. The minimum absolute atomic E-state index is 0.119. The molecule has 0 aliphatic carbocycles. The first-order valence-corrected chi connectivity index (χ1v) is 7.42. The molecule has 0 bridgehead atoms. The van der Waals surface area contributed by atoms with Gasteiger partial charge >= 0.3 is 6.18 Å². The molecular weight excluding hydrogens is 315 g/mol. The maximum atomic E-state index is 12.0. The number of halogens is 4. The van der Waals surface area contributed by atoms with E-state index in [1.165, 1.54) is 0 Å². The fourth-order valence-corrected chi connectivity index (χ4v) is 2.10. The van der Waals surface area contributed by atoms with Gasteiger partial charge in [-0.3, -0.25) is 4.99 Å². The molecule has 0 aliphatic rings. The highest BCUT2D eigenvalue weighted by Crippen LogP contribution is 2.21. The quantitative estimate of drug-likeness (QED) is 0.482. The fraction of sp³-hybridized carbons (Fsp3) is 0.533. The lowest BCUT2D eigenvalue weighted by atomic mass is 10.2. The Hall–Kier alpha value is -1.43. The summed E-state index contributed by atoms with van der Waals surface area (Å²) < 4.78 is 36.1. The van der Waals surface area contributed by atoms with Gasteiger partial charge in [0.25, 0.3) is 0 Å². The highest BCUT2D eigenvalue weighted by atomic mass is 35.5. The molecule has 0 heterocycles. The number of hydrogen-bond acceptors (Lipinski definition) is 1. The molecule has 0 saturated carbocycles. The van der Waals surface area contributed by atoms with E-state index in [-0.39, 0.29) is 6.42 Å². The Bertz CT molecular complexity index is 472. The molecule has 0 fully saturated rings. The van der Waals surface area contributed by atoms with Crippen molar-refractivity contribution in [1.29, 1.82) is 0 Å². The van der Waals surface area contributed by atoms with Crippen LogP contribution in [0.5, 0.6) is 0 Å². The zero-order valence-electron chi connectivity index (χ0n) is 12.8. The fourth-order valence-electron chi connectivity index (χ4n) is 1.97. The van der Waals surface area contributed by atoms with Gasteiger partial charge in [0.2, 0.25) is 0 Å². The van der Waals surface area contributed by atoms with Crippen molar-refractivity contribution < 1.29 is 13.2 Å². The topological polar surface area (TPSA) is 27.6 Å². The van der Waals surface area contributed by atoms with Crippen molar-refractivity contribution in [2.24, 2.45) is 4.99 Å². The zero-order valence-corrected chi connectivity index (χ0v) is 13.5. The molecule has 0 amide bonds. The maximum absolute atomic E-state index is 12.0. The number of hydrogen-bond donors (Lipinski definition) is 1. The van der Waals surface area contributed by atoms with E-state index in [1.54, 1.807) is 7.05 Å². The Labute approximate surface area is 134 Å². The van der Waals surface area contributed by atoms with Gasteiger partial charge in [-0.2, -0.15) is 13.2 Å². The summed E-state index contributed by atoms with van der Waals surface area (Å²) in [6.45, 7) is 1.10. The molecule has 0 atom stereocenters. The number of guanidine groups is 1. The Balaban J connectivity index is 2.35. The molecule has 0 unspecified atom stereocenters. The Kier molecular flexibility index (Phi) is 7.51. The summed E-state index contributed by atoms with van der Waals surface area (Å²) in [5.74, 6) is 0.655. The molecule has 22 heavy (non-hydrogen) atoms. The van der Waals surface area contributed by atoms with Crippen LogP contribution in [0.3, 0.4) is 0 Å². The van der Waals surface area contributed by atoms with Gasteiger partial charge in [-0.15, -0.1) is 0 Å². The predicted octanol–water partition coefficient (Wildman–Crippen LogP) is 4.08. The highest BCUT2D eigenvalue weighted by molar-refractivity contribution is 6.30. The normalized spacial score (nSPS) is 12.4. The minimum Gasteiger partial charge on any atom is -0.356 e. The van der Waals surface area contributed by atoms with E-state index < -0.39 is 12.6 Å². The number of aliphatic imine (C=N–C) groups is 1. The number of benzene rings is 1. The van der Waals surface area contributed by atoms with Crippen LogP contribution >= 0.6 is 11.6 Å². The Morgan fingerprint density at radius 3 is 2.41 bits per heavy atom. The lowest BCUT2D eigenvalue weighted by molar-refractivity contribution is -0.135. The molecule has 1 N–H and O–H groups in total. The van der Waals surface area contributed by atoms with Gasteiger partial charge in [-0.05, 0) is 30.5 Å². The summed E-state index contributed by atoms with van der Waals surface area (Å²) in [5.41, 5.74) is 1.08. The molecule has 3 nitrogen and oxygen atoms in total. The summed E-state index contributed by atoms with van der Waals surface area (Å²) in [5, 5.41) is 3.75. The summed E-state index contributed by atoms with van der Waals surface area (Å²) in [6, 6.07) is 7.49. The highest BCUT2D eigenvalue weighted by Gasteiger charge is 2.25. The number of alkyl halides is 3. The Morgan fingerprint density at radius 1 is 1.23 bits per heavy atom. The van der Waals surface area contributed by atoms with Gasteiger partial charge in [-0.1, -0.05) is 23.7 Å². The molecule has 0 aromatic heterocycles. The molecule has 1 aromatic rings. The van der Waals surface area contributed by atoms with Crippen LogP contribution in [0.1, 0.15) is 24.8 Å². The van der Waals surface area contributed by atoms with E-state index in [4.69, 9.17) is 11.6 Å². The van der Waals surface area contributed by atoms with Crippen LogP contribution in [0.2, 0.25) is 5.02 Å². The van der Waals surface area contributed by atoms with Crippen LogP contribution in [0, 0.1) is 0 Å². The molecule has 0 saturated heterocycles. The lowest BCUT2D eigenvalue weighted by Crippen LogP contribution is -2.38. The van der Waals surface area contributed by atoms with Crippen LogP contribution < -0.4 is 5.32 Å². The van der Waals surface area contributed by atoms with Gasteiger partial charge in [0.1, 0.15) is 0 Å². The molecule has 1 aromatic carbocycles. The van der Waals surface area contributed by atoms with Gasteiger partial charge < -0.3 is 10.2 Å². The van der Waals surface area contributed by atoms with Crippen LogP contribution in [0.4, 0.5) is 13.2 Å². The second-order valence-electron chi connectivity index (χ2n) is 5.03. The van der Waals surface area contributed by atoms with Gasteiger partial charge in [0, 0.05) is 38.6 Å². The maximum Gasteiger partial charge on any atom is 0.389 e. The van der Waals surface area contributed by atoms with Gasteiger partial charge in [0.05, 0.1) is 0 Å². The minimum atomic E-state index is -4.08. The summed E-state index contributed by atoms with van der Waals surface area (Å²) in [6.07, 6.45) is -4.25. The molecule has 0 radical (unpaired) electrons. The van der Waals surface area contributed by atoms with Crippen molar-refractivity contribution in [1.82, 2.24) is 10.2 Å². The van der Waals surface area contributed by atoms with Crippen molar-refractivity contribution in [2.45, 2.75) is 32.0 Å². The van der Waals surface area contributed by atoms with E-state index in [0.29, 0.717) is 30.5 Å². The second-order valence-corrected chi connectivity index (χ2v) is 5.47. The third-order valence-electron chi connectivity index (χ3n) is 3.08. The summed E-state index contributed by atoms with van der Waals surface area (Å²) in [7, 11) is 3.52. The molecule has 124 valence electrons. The first-order valence-electron chi connectivity index (χ1n) is 7.05. The average Bonchev–Trinajstić information content (AvgIpc) is 2.44. The predicted molar refractivity (Wildman–Crippen MR) is 84.2 cm³/mol. The van der Waals surface area contributed by atoms with Crippen LogP contribution in [0.15, 0.2) is 29.3 Å². The van der Waals surface area contributed by atoms with Crippen molar-refractivity contribution in [3.05, 3.63) is 34.9 Å². The first kappa shape index (κ1) is 18.6. The van der Waals surface area contributed by atoms with Crippen LogP contribution in [0.25, 0.3) is 0 Å². The molecule has 1 rings (SSSR count). The molecule has 0 spiro atoms. The standard InChI is InChI=1S/C15H21ClF3N3/c1-20-14(21-10-4-3-9-15(17,18)19)22(2)11-12-5-7-13(16)8-6-12/h5-8H,3-4,9-11H2,1-2H3,(H,20,21). The third kappa shape index (κ3) is 7.54. The smallest absolute Gasteiger partial charge is 0.356 e. The van der Waals surface area contributed by atoms with E-state index >= 15 is 0 Å². The van der Waals surface area contributed by atoms with E-state index in [2.05, 4.69) is 10.3 Å². The van der Waals surface area contributed by atoms with Crippen molar-refractivity contribution in [3.63, 3.8) is 0 Å². The summed E-state index contributed by atoms with van der Waals surface area (Å²) in [4.78, 5) is 6.04.